The second-order valence-electron chi connectivity index (χ2n) is 6.09. The largest absolute Gasteiger partial charge is 1.00 e. The summed E-state index contributed by atoms with van der Waals surface area (Å²) < 4.78 is 1.13. The van der Waals surface area contributed by atoms with Gasteiger partial charge < -0.3 is 16.9 Å². The van der Waals surface area contributed by atoms with Crippen LogP contribution >= 0.6 is 0 Å². The lowest BCUT2D eigenvalue weighted by Gasteiger charge is -2.33. The molecular formula is C15H34ClN. The Morgan fingerprint density at radius 2 is 1.24 bits per heavy atom. The van der Waals surface area contributed by atoms with Gasteiger partial charge in [-0.1, -0.05) is 52.4 Å². The number of rotatable bonds is 10. The van der Waals surface area contributed by atoms with Gasteiger partial charge in [0.2, 0.25) is 0 Å². The van der Waals surface area contributed by atoms with Crippen molar-refractivity contribution in [2.45, 2.75) is 77.7 Å². The molecule has 1 nitrogen and oxygen atoms in total. The molecule has 0 fully saturated rings. The van der Waals surface area contributed by atoms with Gasteiger partial charge in [-0.05, 0) is 19.3 Å². The minimum absolute atomic E-state index is 0. The molecule has 0 aliphatic heterocycles. The van der Waals surface area contributed by atoms with Crippen molar-refractivity contribution in [3.05, 3.63) is 0 Å². The number of halogens is 1. The summed E-state index contributed by atoms with van der Waals surface area (Å²) in [5, 5.41) is 0. The Bertz CT molecular complexity index is 151. The minimum atomic E-state index is 0. The summed E-state index contributed by atoms with van der Waals surface area (Å²) >= 11 is 0. The van der Waals surface area contributed by atoms with Crippen LogP contribution in [0.4, 0.5) is 0 Å². The number of quaternary nitrogens is 1. The molecule has 0 N–H and O–H groups in total. The van der Waals surface area contributed by atoms with Crippen molar-refractivity contribution in [2.24, 2.45) is 0 Å². The Balaban J connectivity index is 0. The highest BCUT2D eigenvalue weighted by atomic mass is 35.5. The summed E-state index contributed by atoms with van der Waals surface area (Å²) in [4.78, 5) is 0. The molecule has 106 valence electrons. The van der Waals surface area contributed by atoms with Crippen LogP contribution in [0.15, 0.2) is 0 Å². The predicted molar refractivity (Wildman–Crippen MR) is 74.7 cm³/mol. The highest BCUT2D eigenvalue weighted by molar-refractivity contribution is 4.56. The number of unbranched alkanes of at least 4 members (excludes halogenated alkanes) is 6. The van der Waals surface area contributed by atoms with E-state index < -0.39 is 0 Å². The maximum atomic E-state index is 2.33. The van der Waals surface area contributed by atoms with Crippen LogP contribution in [0.3, 0.4) is 0 Å². The van der Waals surface area contributed by atoms with E-state index in [1.165, 1.54) is 57.8 Å². The normalized spacial score (nSPS) is 13.2. The number of hydrogen-bond acceptors (Lipinski definition) is 0. The molecule has 0 saturated carbocycles. The molecule has 0 spiro atoms. The average molecular weight is 264 g/mol. The van der Waals surface area contributed by atoms with Crippen LogP contribution in [-0.4, -0.2) is 31.7 Å². The van der Waals surface area contributed by atoms with E-state index in [1.54, 1.807) is 0 Å². The lowest BCUT2D eigenvalue weighted by atomic mass is 10.0. The van der Waals surface area contributed by atoms with E-state index in [9.17, 15) is 0 Å². The van der Waals surface area contributed by atoms with Crippen molar-refractivity contribution in [1.29, 1.82) is 0 Å². The molecular weight excluding hydrogens is 230 g/mol. The highest BCUT2D eigenvalue weighted by Crippen LogP contribution is 2.16. The molecule has 1 unspecified atom stereocenters. The quantitative estimate of drug-likeness (QED) is 0.415. The van der Waals surface area contributed by atoms with Gasteiger partial charge >= 0.3 is 0 Å². The van der Waals surface area contributed by atoms with Gasteiger partial charge in [0.15, 0.2) is 0 Å². The third-order valence-electron chi connectivity index (χ3n) is 3.71. The van der Waals surface area contributed by atoms with Crippen LogP contribution in [0.5, 0.6) is 0 Å². The van der Waals surface area contributed by atoms with Crippen LogP contribution in [0.1, 0.15) is 71.6 Å². The van der Waals surface area contributed by atoms with E-state index in [0.717, 1.165) is 10.5 Å². The molecule has 0 aromatic carbocycles. The fraction of sp³-hybridized carbons (Fsp3) is 1.00. The molecule has 1 atom stereocenters. The van der Waals surface area contributed by atoms with Crippen LogP contribution in [0.25, 0.3) is 0 Å². The minimum Gasteiger partial charge on any atom is -1.00 e. The van der Waals surface area contributed by atoms with Crippen molar-refractivity contribution in [3.8, 4) is 0 Å². The summed E-state index contributed by atoms with van der Waals surface area (Å²) in [5.41, 5.74) is 0. The zero-order valence-corrected chi connectivity index (χ0v) is 13.5. The maximum absolute atomic E-state index is 2.33. The molecule has 0 heterocycles. The zero-order chi connectivity index (χ0) is 12.4. The van der Waals surface area contributed by atoms with Gasteiger partial charge in [0.1, 0.15) is 0 Å². The highest BCUT2D eigenvalue weighted by Gasteiger charge is 2.20. The van der Waals surface area contributed by atoms with E-state index in [4.69, 9.17) is 0 Å². The van der Waals surface area contributed by atoms with Crippen molar-refractivity contribution in [2.75, 3.05) is 21.1 Å². The standard InChI is InChI=1S/C15H34N.ClH/c1-6-8-9-10-11-12-13-14-15(7-2)16(3,4)5;/h15H,6-14H2,1-5H3;1H/q+1;/p-1. The molecule has 0 bridgehead atoms. The lowest BCUT2D eigenvalue weighted by molar-refractivity contribution is -0.896. The predicted octanol–water partition coefficient (Wildman–Crippen LogP) is 1.62. The third-order valence-corrected chi connectivity index (χ3v) is 3.71. The fourth-order valence-corrected chi connectivity index (χ4v) is 2.48. The Kier molecular flexibility index (Phi) is 13.1. The van der Waals surface area contributed by atoms with E-state index in [2.05, 4.69) is 35.0 Å². The molecule has 2 heteroatoms. The Morgan fingerprint density at radius 1 is 0.765 bits per heavy atom. The van der Waals surface area contributed by atoms with Crippen molar-refractivity contribution in [3.63, 3.8) is 0 Å². The maximum Gasteiger partial charge on any atom is 0.0881 e. The molecule has 0 amide bonds. The summed E-state index contributed by atoms with van der Waals surface area (Å²) in [6.07, 6.45) is 12.7. The molecule has 0 aromatic rings. The van der Waals surface area contributed by atoms with Crippen molar-refractivity contribution < 1.29 is 16.9 Å². The fourth-order valence-electron chi connectivity index (χ4n) is 2.48. The number of hydrogen-bond donors (Lipinski definition) is 0. The molecule has 17 heavy (non-hydrogen) atoms. The van der Waals surface area contributed by atoms with E-state index in [1.807, 2.05) is 0 Å². The second kappa shape index (κ2) is 11.3. The second-order valence-corrected chi connectivity index (χ2v) is 6.09. The smallest absolute Gasteiger partial charge is 0.0881 e. The topological polar surface area (TPSA) is 0 Å². The van der Waals surface area contributed by atoms with E-state index in [-0.39, 0.29) is 12.4 Å². The van der Waals surface area contributed by atoms with E-state index in [0.29, 0.717) is 0 Å². The van der Waals surface area contributed by atoms with Gasteiger partial charge in [0.25, 0.3) is 0 Å². The SMILES string of the molecule is CCCCCCCCCC(CC)[N+](C)(C)C.[Cl-]. The first kappa shape index (κ1) is 19.6. The first-order valence-electron chi connectivity index (χ1n) is 7.33. The summed E-state index contributed by atoms with van der Waals surface area (Å²) in [6.45, 7) is 4.61. The summed E-state index contributed by atoms with van der Waals surface area (Å²) in [6, 6.07) is 0.857. The molecule has 0 aromatic heterocycles. The van der Waals surface area contributed by atoms with Gasteiger partial charge in [-0.2, -0.15) is 0 Å². The van der Waals surface area contributed by atoms with Gasteiger partial charge in [0.05, 0.1) is 27.2 Å². The van der Waals surface area contributed by atoms with Crippen molar-refractivity contribution in [1.82, 2.24) is 0 Å². The molecule has 0 saturated heterocycles. The lowest BCUT2D eigenvalue weighted by Crippen LogP contribution is -3.00. The van der Waals surface area contributed by atoms with Crippen molar-refractivity contribution >= 4 is 0 Å². The Hall–Kier alpha value is 0.250. The van der Waals surface area contributed by atoms with Gasteiger partial charge in [0, 0.05) is 0 Å². The first-order valence-corrected chi connectivity index (χ1v) is 7.33. The van der Waals surface area contributed by atoms with Crippen LogP contribution < -0.4 is 12.4 Å². The Labute approximate surface area is 116 Å². The van der Waals surface area contributed by atoms with Gasteiger partial charge in [-0.25, -0.2) is 0 Å². The van der Waals surface area contributed by atoms with Crippen LogP contribution in [0, 0.1) is 0 Å². The van der Waals surface area contributed by atoms with Crippen LogP contribution in [0.2, 0.25) is 0 Å². The van der Waals surface area contributed by atoms with Crippen LogP contribution in [-0.2, 0) is 0 Å². The zero-order valence-electron chi connectivity index (χ0n) is 12.8. The summed E-state index contributed by atoms with van der Waals surface area (Å²) in [7, 11) is 6.99. The van der Waals surface area contributed by atoms with E-state index >= 15 is 0 Å². The first-order chi connectivity index (χ1) is 7.52. The Morgan fingerprint density at radius 3 is 1.65 bits per heavy atom. The van der Waals surface area contributed by atoms with Gasteiger partial charge in [-0.3, -0.25) is 0 Å². The monoisotopic (exact) mass is 263 g/mol. The third kappa shape index (κ3) is 11.1. The molecule has 0 aliphatic rings. The average Bonchev–Trinajstić information content (AvgIpc) is 2.20. The number of nitrogens with zero attached hydrogens (tertiary/aromatic N) is 1. The van der Waals surface area contributed by atoms with Gasteiger partial charge in [-0.15, -0.1) is 0 Å². The molecule has 0 aliphatic carbocycles. The summed E-state index contributed by atoms with van der Waals surface area (Å²) in [5.74, 6) is 0. The molecule has 0 rings (SSSR count). The molecule has 0 radical (unpaired) electrons.